The highest BCUT2D eigenvalue weighted by Crippen LogP contribution is 2.32. The number of carbonyl (C=O) groups is 2. The Morgan fingerprint density at radius 1 is 1.22 bits per heavy atom. The van der Waals surface area contributed by atoms with Gasteiger partial charge in [0.15, 0.2) is 12.4 Å². The minimum Gasteiger partial charge on any atom is -0.477 e. The van der Waals surface area contributed by atoms with E-state index in [9.17, 15) is 19.7 Å². The van der Waals surface area contributed by atoms with E-state index in [4.69, 9.17) is 4.74 Å². The molecule has 27 heavy (non-hydrogen) atoms. The molecule has 0 atom stereocenters. The third-order valence-electron chi connectivity index (χ3n) is 4.70. The van der Waals surface area contributed by atoms with Crippen molar-refractivity contribution in [2.45, 2.75) is 13.0 Å². The summed E-state index contributed by atoms with van der Waals surface area (Å²) >= 11 is 0. The number of pyridine rings is 1. The van der Waals surface area contributed by atoms with Crippen molar-refractivity contribution in [1.82, 2.24) is 9.88 Å². The van der Waals surface area contributed by atoms with Gasteiger partial charge in [-0.25, -0.2) is 0 Å². The van der Waals surface area contributed by atoms with Crippen LogP contribution in [0.1, 0.15) is 11.1 Å². The fraction of sp³-hybridized carbons (Fsp3) is 0.278. The van der Waals surface area contributed by atoms with Crippen LogP contribution in [0.25, 0.3) is 0 Å². The van der Waals surface area contributed by atoms with Gasteiger partial charge in [-0.15, -0.1) is 0 Å². The number of nitrogens with zero attached hydrogens (tertiary/aromatic N) is 4. The molecule has 0 bridgehead atoms. The summed E-state index contributed by atoms with van der Waals surface area (Å²) in [5.74, 6) is -0.847. The average molecular weight is 368 g/mol. The van der Waals surface area contributed by atoms with Gasteiger partial charge >= 0.3 is 5.82 Å². The van der Waals surface area contributed by atoms with E-state index >= 15 is 0 Å². The van der Waals surface area contributed by atoms with Crippen molar-refractivity contribution in [3.8, 4) is 5.75 Å². The second-order valence-corrected chi connectivity index (χ2v) is 6.35. The number of ether oxygens (including phenoxy) is 1. The highest BCUT2D eigenvalue weighted by atomic mass is 16.6. The first-order valence-corrected chi connectivity index (χ1v) is 8.46. The predicted octanol–water partition coefficient (Wildman–Crippen LogP) is 1.30. The van der Waals surface area contributed by atoms with Crippen molar-refractivity contribution in [3.05, 3.63) is 57.6 Å². The molecule has 2 amide bonds. The minimum absolute atomic E-state index is 0.00575. The molecule has 1 aromatic carbocycles. The Hall–Kier alpha value is -3.49. The summed E-state index contributed by atoms with van der Waals surface area (Å²) in [5, 5.41) is 11.0. The number of benzene rings is 1. The summed E-state index contributed by atoms with van der Waals surface area (Å²) in [6, 6.07) is 10.5. The fourth-order valence-corrected chi connectivity index (χ4v) is 3.28. The Morgan fingerprint density at radius 2 is 2.00 bits per heavy atom. The molecule has 2 aliphatic heterocycles. The summed E-state index contributed by atoms with van der Waals surface area (Å²) in [4.78, 5) is 42.1. The maximum absolute atomic E-state index is 12.8. The molecule has 0 N–H and O–H groups in total. The van der Waals surface area contributed by atoms with Crippen LogP contribution in [0.4, 0.5) is 11.6 Å². The Balaban J connectivity index is 1.56. The lowest BCUT2D eigenvalue weighted by atomic mass is 10.00. The van der Waals surface area contributed by atoms with Crippen LogP contribution in [0.3, 0.4) is 0 Å². The van der Waals surface area contributed by atoms with E-state index in [1.54, 1.807) is 4.90 Å². The number of anilines is 1. The van der Waals surface area contributed by atoms with Crippen molar-refractivity contribution >= 4 is 23.5 Å². The van der Waals surface area contributed by atoms with Crippen molar-refractivity contribution in [3.63, 3.8) is 0 Å². The van der Waals surface area contributed by atoms with Gasteiger partial charge < -0.3 is 19.8 Å². The monoisotopic (exact) mass is 368 g/mol. The summed E-state index contributed by atoms with van der Waals surface area (Å²) in [6.07, 6.45) is 0.749. The Bertz CT molecular complexity index is 945. The molecule has 2 aromatic rings. The minimum atomic E-state index is -0.652. The van der Waals surface area contributed by atoms with Gasteiger partial charge in [0.05, 0.1) is 0 Å². The van der Waals surface area contributed by atoms with Crippen molar-refractivity contribution < 1.29 is 19.2 Å². The molecular formula is C18H16N4O5. The first-order valence-electron chi connectivity index (χ1n) is 8.46. The van der Waals surface area contributed by atoms with Gasteiger partial charge in [-0.2, -0.15) is 0 Å². The molecular weight excluding hydrogens is 352 g/mol. The number of fused-ring (bicyclic) bond motifs is 2. The molecule has 9 heteroatoms. The van der Waals surface area contributed by atoms with E-state index < -0.39 is 16.6 Å². The van der Waals surface area contributed by atoms with E-state index in [1.165, 1.54) is 17.7 Å². The predicted molar refractivity (Wildman–Crippen MR) is 94.3 cm³/mol. The molecule has 9 nitrogen and oxygen atoms in total. The van der Waals surface area contributed by atoms with Crippen LogP contribution in [0.2, 0.25) is 0 Å². The van der Waals surface area contributed by atoms with Crippen LogP contribution in [0, 0.1) is 10.1 Å². The summed E-state index contributed by atoms with van der Waals surface area (Å²) in [5.41, 5.74) is 2.30. The van der Waals surface area contributed by atoms with E-state index in [2.05, 4.69) is 4.98 Å². The van der Waals surface area contributed by atoms with Gasteiger partial charge in [-0.1, -0.05) is 24.3 Å². The van der Waals surface area contributed by atoms with Gasteiger partial charge in [0.2, 0.25) is 5.91 Å². The lowest BCUT2D eigenvalue weighted by Gasteiger charge is -2.31. The third-order valence-corrected chi connectivity index (χ3v) is 4.70. The van der Waals surface area contributed by atoms with Gasteiger partial charge in [-0.05, 0) is 33.5 Å². The van der Waals surface area contributed by atoms with Gasteiger partial charge in [-0.3, -0.25) is 14.5 Å². The topological polar surface area (TPSA) is 106 Å². The summed E-state index contributed by atoms with van der Waals surface area (Å²) < 4.78 is 5.27. The zero-order valence-corrected chi connectivity index (χ0v) is 14.3. The van der Waals surface area contributed by atoms with E-state index in [0.717, 1.165) is 16.9 Å². The molecule has 0 unspecified atom stereocenters. The lowest BCUT2D eigenvalue weighted by molar-refractivity contribution is -0.389. The Kier molecular flexibility index (Phi) is 4.19. The number of hydrogen-bond donors (Lipinski definition) is 0. The summed E-state index contributed by atoms with van der Waals surface area (Å²) in [7, 11) is 0. The van der Waals surface area contributed by atoms with Crippen LogP contribution in [-0.2, 0) is 22.6 Å². The number of amides is 2. The molecule has 2 aliphatic rings. The van der Waals surface area contributed by atoms with Crippen LogP contribution in [0.5, 0.6) is 5.75 Å². The number of rotatable bonds is 3. The first-order chi connectivity index (χ1) is 13.0. The molecule has 0 fully saturated rings. The number of hydrogen-bond acceptors (Lipinski definition) is 6. The maximum Gasteiger partial charge on any atom is 0.366 e. The van der Waals surface area contributed by atoms with Gasteiger partial charge in [0.1, 0.15) is 6.54 Å². The van der Waals surface area contributed by atoms with E-state index in [-0.39, 0.29) is 30.6 Å². The van der Waals surface area contributed by atoms with E-state index in [1.807, 2.05) is 24.3 Å². The highest BCUT2D eigenvalue weighted by molar-refractivity contribution is 6.01. The van der Waals surface area contributed by atoms with Crippen molar-refractivity contribution in [2.24, 2.45) is 0 Å². The molecule has 0 aliphatic carbocycles. The Morgan fingerprint density at radius 3 is 2.78 bits per heavy atom. The molecule has 0 saturated carbocycles. The molecule has 138 valence electrons. The molecule has 0 radical (unpaired) electrons. The molecule has 0 spiro atoms. The second-order valence-electron chi connectivity index (χ2n) is 6.35. The first kappa shape index (κ1) is 17.0. The highest BCUT2D eigenvalue weighted by Gasteiger charge is 2.35. The third kappa shape index (κ3) is 3.19. The van der Waals surface area contributed by atoms with Crippen LogP contribution >= 0.6 is 0 Å². The van der Waals surface area contributed by atoms with E-state index in [0.29, 0.717) is 13.1 Å². The smallest absolute Gasteiger partial charge is 0.366 e. The lowest BCUT2D eigenvalue weighted by Crippen LogP contribution is -2.47. The zero-order valence-electron chi connectivity index (χ0n) is 14.3. The number of nitro groups is 1. The zero-order chi connectivity index (χ0) is 19.0. The standard InChI is InChI=1S/C18H16N4O5/c23-16(20-8-7-12-3-1-2-4-13(12)9-20)10-21-17(24)11-27-14-5-6-15(22(25)26)19-18(14)21/h1-6H,7-11H2. The summed E-state index contributed by atoms with van der Waals surface area (Å²) in [6.45, 7) is 0.570. The largest absolute Gasteiger partial charge is 0.477 e. The quantitative estimate of drug-likeness (QED) is 0.597. The van der Waals surface area contributed by atoms with Gasteiger partial charge in [0, 0.05) is 19.2 Å². The SMILES string of the molecule is O=C(CN1C(=O)COc2ccc([N+](=O)[O-])nc21)N1CCc2ccccc2C1. The van der Waals surface area contributed by atoms with Crippen molar-refractivity contribution in [2.75, 3.05) is 24.6 Å². The molecule has 3 heterocycles. The van der Waals surface area contributed by atoms with Crippen LogP contribution < -0.4 is 9.64 Å². The van der Waals surface area contributed by atoms with Gasteiger partial charge in [0.25, 0.3) is 11.7 Å². The number of carbonyl (C=O) groups excluding carboxylic acids is 2. The maximum atomic E-state index is 12.8. The fourth-order valence-electron chi connectivity index (χ4n) is 3.28. The number of aromatic nitrogens is 1. The average Bonchev–Trinajstić information content (AvgIpc) is 2.69. The Labute approximate surface area is 154 Å². The second kappa shape index (κ2) is 6.67. The van der Waals surface area contributed by atoms with Crippen LogP contribution in [-0.4, -0.2) is 46.3 Å². The molecule has 4 rings (SSSR count). The molecule has 1 aromatic heterocycles. The molecule has 0 saturated heterocycles. The van der Waals surface area contributed by atoms with Crippen molar-refractivity contribution in [1.29, 1.82) is 0 Å². The van der Waals surface area contributed by atoms with Crippen LogP contribution in [0.15, 0.2) is 36.4 Å². The normalized spacial score (nSPS) is 15.6.